The Balaban J connectivity index is 1.96. The van der Waals surface area contributed by atoms with E-state index in [2.05, 4.69) is 44.4 Å². The second kappa shape index (κ2) is 6.02. The molecule has 0 aromatic heterocycles. The first-order chi connectivity index (χ1) is 9.28. The third-order valence-electron chi connectivity index (χ3n) is 4.60. The molecule has 4 heteroatoms. The van der Waals surface area contributed by atoms with Gasteiger partial charge in [-0.3, -0.25) is 9.69 Å². The first-order valence-corrected chi connectivity index (χ1v) is 7.92. The van der Waals surface area contributed by atoms with E-state index in [1.807, 2.05) is 0 Å². The molecule has 0 N–H and O–H groups in total. The minimum Gasteiger partial charge on any atom is -0.375 e. The highest BCUT2D eigenvalue weighted by Crippen LogP contribution is 2.24. The molecule has 0 spiro atoms. The number of hydrogen-bond donors (Lipinski definition) is 0. The normalized spacial score (nSPS) is 35.0. The van der Waals surface area contributed by atoms with Gasteiger partial charge in [0, 0.05) is 25.2 Å². The summed E-state index contributed by atoms with van der Waals surface area (Å²) in [6.45, 7) is 14.8. The van der Waals surface area contributed by atoms with Crippen molar-refractivity contribution >= 4 is 5.91 Å². The third-order valence-corrected chi connectivity index (χ3v) is 4.60. The number of hydrogen-bond acceptors (Lipinski definition) is 3. The van der Waals surface area contributed by atoms with E-state index >= 15 is 0 Å². The predicted molar refractivity (Wildman–Crippen MR) is 80.6 cm³/mol. The fourth-order valence-electron chi connectivity index (χ4n) is 3.46. The van der Waals surface area contributed by atoms with Crippen molar-refractivity contribution in [3.05, 3.63) is 0 Å². The Morgan fingerprint density at radius 2 is 1.75 bits per heavy atom. The SMILES string of the molecule is C[C@@H]1C[C@H](C)CN(C(=O)CN2C[C@H](C)OCC2(C)C)C1. The topological polar surface area (TPSA) is 32.8 Å². The smallest absolute Gasteiger partial charge is 0.236 e. The number of carbonyl (C=O) groups excluding carboxylic acids is 1. The van der Waals surface area contributed by atoms with Crippen molar-refractivity contribution in [3.63, 3.8) is 0 Å². The van der Waals surface area contributed by atoms with Crippen LogP contribution in [-0.4, -0.2) is 60.1 Å². The van der Waals surface area contributed by atoms with E-state index in [0.717, 1.165) is 19.6 Å². The summed E-state index contributed by atoms with van der Waals surface area (Å²) in [5, 5.41) is 0. The summed E-state index contributed by atoms with van der Waals surface area (Å²) in [6, 6.07) is 0. The number of carbonyl (C=O) groups is 1. The molecule has 20 heavy (non-hydrogen) atoms. The molecule has 3 atom stereocenters. The molecule has 0 saturated carbocycles. The first kappa shape index (κ1) is 15.8. The Kier molecular flexibility index (Phi) is 4.75. The monoisotopic (exact) mass is 282 g/mol. The van der Waals surface area contributed by atoms with E-state index in [0.29, 0.717) is 25.0 Å². The van der Waals surface area contributed by atoms with Gasteiger partial charge < -0.3 is 9.64 Å². The van der Waals surface area contributed by atoms with Gasteiger partial charge in [-0.1, -0.05) is 13.8 Å². The van der Waals surface area contributed by atoms with Gasteiger partial charge in [0.1, 0.15) is 0 Å². The van der Waals surface area contributed by atoms with Crippen LogP contribution in [0.1, 0.15) is 41.0 Å². The predicted octanol–water partition coefficient (Wildman–Crippen LogP) is 1.99. The van der Waals surface area contributed by atoms with E-state index in [4.69, 9.17) is 4.74 Å². The van der Waals surface area contributed by atoms with Crippen molar-refractivity contribution in [1.29, 1.82) is 0 Å². The lowest BCUT2D eigenvalue weighted by Gasteiger charge is -2.45. The van der Waals surface area contributed by atoms with Crippen LogP contribution in [0.3, 0.4) is 0 Å². The lowest BCUT2D eigenvalue weighted by atomic mass is 9.92. The molecule has 4 nitrogen and oxygen atoms in total. The fourth-order valence-corrected chi connectivity index (χ4v) is 3.46. The van der Waals surface area contributed by atoms with E-state index in [9.17, 15) is 4.79 Å². The van der Waals surface area contributed by atoms with Crippen LogP contribution < -0.4 is 0 Å². The molecule has 116 valence electrons. The molecular weight excluding hydrogens is 252 g/mol. The van der Waals surface area contributed by atoms with Crippen molar-refractivity contribution in [2.24, 2.45) is 11.8 Å². The number of morpholine rings is 1. The van der Waals surface area contributed by atoms with Crippen molar-refractivity contribution < 1.29 is 9.53 Å². The average molecular weight is 282 g/mol. The van der Waals surface area contributed by atoms with Crippen molar-refractivity contribution in [2.45, 2.75) is 52.7 Å². The van der Waals surface area contributed by atoms with Crippen LogP contribution in [-0.2, 0) is 9.53 Å². The summed E-state index contributed by atoms with van der Waals surface area (Å²) in [4.78, 5) is 16.9. The molecule has 0 aromatic carbocycles. The minimum atomic E-state index is -0.0464. The van der Waals surface area contributed by atoms with E-state index in [1.165, 1.54) is 6.42 Å². The molecule has 0 aromatic rings. The minimum absolute atomic E-state index is 0.0464. The van der Waals surface area contributed by atoms with E-state index < -0.39 is 0 Å². The van der Waals surface area contributed by atoms with Gasteiger partial charge in [-0.15, -0.1) is 0 Å². The lowest BCUT2D eigenvalue weighted by molar-refractivity contribution is -0.143. The van der Waals surface area contributed by atoms with Gasteiger partial charge in [-0.05, 0) is 39.0 Å². The van der Waals surface area contributed by atoms with Gasteiger partial charge in [-0.2, -0.15) is 0 Å². The van der Waals surface area contributed by atoms with Crippen molar-refractivity contribution in [2.75, 3.05) is 32.8 Å². The zero-order valence-corrected chi connectivity index (χ0v) is 13.7. The Morgan fingerprint density at radius 1 is 1.15 bits per heavy atom. The number of amides is 1. The zero-order chi connectivity index (χ0) is 14.9. The summed E-state index contributed by atoms with van der Waals surface area (Å²) >= 11 is 0. The molecule has 1 amide bonds. The van der Waals surface area contributed by atoms with Crippen LogP contribution in [0.25, 0.3) is 0 Å². The maximum Gasteiger partial charge on any atom is 0.236 e. The van der Waals surface area contributed by atoms with Gasteiger partial charge in [0.2, 0.25) is 5.91 Å². The van der Waals surface area contributed by atoms with Gasteiger partial charge >= 0.3 is 0 Å². The van der Waals surface area contributed by atoms with E-state index in [-0.39, 0.29) is 17.6 Å². The van der Waals surface area contributed by atoms with Gasteiger partial charge in [-0.25, -0.2) is 0 Å². The first-order valence-electron chi connectivity index (χ1n) is 7.92. The molecule has 0 radical (unpaired) electrons. The molecule has 0 unspecified atom stereocenters. The molecule has 2 rings (SSSR count). The largest absolute Gasteiger partial charge is 0.375 e. The Bertz CT molecular complexity index is 346. The number of piperidine rings is 1. The van der Waals surface area contributed by atoms with E-state index in [1.54, 1.807) is 0 Å². The molecule has 0 aliphatic carbocycles. The summed E-state index contributed by atoms with van der Waals surface area (Å²) in [5.74, 6) is 1.53. The highest BCUT2D eigenvalue weighted by Gasteiger charge is 2.36. The summed E-state index contributed by atoms with van der Waals surface area (Å²) in [6.07, 6.45) is 1.46. The third kappa shape index (κ3) is 3.73. The van der Waals surface area contributed by atoms with Crippen molar-refractivity contribution in [1.82, 2.24) is 9.80 Å². The molecule has 2 heterocycles. The fraction of sp³-hybridized carbons (Fsp3) is 0.938. The Morgan fingerprint density at radius 3 is 2.35 bits per heavy atom. The molecule has 2 saturated heterocycles. The van der Waals surface area contributed by atoms with Crippen LogP contribution in [0.4, 0.5) is 0 Å². The molecule has 0 bridgehead atoms. The van der Waals surface area contributed by atoms with Crippen LogP contribution in [0.2, 0.25) is 0 Å². The van der Waals surface area contributed by atoms with Crippen LogP contribution in [0.15, 0.2) is 0 Å². The Labute approximate surface area is 123 Å². The number of ether oxygens (including phenoxy) is 1. The van der Waals surface area contributed by atoms with Gasteiger partial charge in [0.15, 0.2) is 0 Å². The molecular formula is C16H30N2O2. The second-order valence-corrected chi connectivity index (χ2v) is 7.56. The summed E-state index contributed by atoms with van der Waals surface area (Å²) in [5.41, 5.74) is -0.0464. The number of nitrogens with zero attached hydrogens (tertiary/aromatic N) is 2. The van der Waals surface area contributed by atoms with Gasteiger partial charge in [0.05, 0.1) is 19.3 Å². The maximum absolute atomic E-state index is 12.6. The highest BCUT2D eigenvalue weighted by molar-refractivity contribution is 5.78. The lowest BCUT2D eigenvalue weighted by Crippen LogP contribution is -2.58. The molecule has 2 aliphatic heterocycles. The highest BCUT2D eigenvalue weighted by atomic mass is 16.5. The summed E-state index contributed by atoms with van der Waals surface area (Å²) in [7, 11) is 0. The number of rotatable bonds is 2. The maximum atomic E-state index is 12.6. The van der Waals surface area contributed by atoms with Crippen LogP contribution >= 0.6 is 0 Å². The molecule has 2 aliphatic rings. The van der Waals surface area contributed by atoms with Gasteiger partial charge in [0.25, 0.3) is 0 Å². The average Bonchev–Trinajstić information content (AvgIpc) is 2.33. The standard InChI is InChI=1S/C16H30N2O2/c1-12-6-13(2)8-17(7-12)15(19)10-18-9-14(3)20-11-16(18,4)5/h12-14H,6-11H2,1-5H3/t12-,13+,14-/m0/s1. The zero-order valence-electron chi connectivity index (χ0n) is 13.7. The second-order valence-electron chi connectivity index (χ2n) is 7.56. The van der Waals surface area contributed by atoms with Crippen molar-refractivity contribution in [3.8, 4) is 0 Å². The quantitative estimate of drug-likeness (QED) is 0.776. The molecule has 2 fully saturated rings. The Hall–Kier alpha value is -0.610. The summed E-state index contributed by atoms with van der Waals surface area (Å²) < 4.78 is 5.72. The number of likely N-dealkylation sites (tertiary alicyclic amines) is 1. The van der Waals surface area contributed by atoms with Crippen LogP contribution in [0.5, 0.6) is 0 Å². The van der Waals surface area contributed by atoms with Crippen LogP contribution in [0, 0.1) is 11.8 Å².